The standard InChI is InChI=1S/C10H13NO2/c12-10(13)5-9-8-4-2-1-3-7(8)6-11-9/h6,9H,1-5H2,(H,12,13). The van der Waals surface area contributed by atoms with E-state index in [1.165, 1.54) is 24.0 Å². The summed E-state index contributed by atoms with van der Waals surface area (Å²) in [7, 11) is 0. The van der Waals surface area contributed by atoms with Gasteiger partial charge in [0.15, 0.2) is 0 Å². The second-order valence-corrected chi connectivity index (χ2v) is 3.65. The maximum Gasteiger partial charge on any atom is 0.305 e. The van der Waals surface area contributed by atoms with Crippen molar-refractivity contribution in [1.29, 1.82) is 0 Å². The maximum absolute atomic E-state index is 10.5. The summed E-state index contributed by atoms with van der Waals surface area (Å²) in [4.78, 5) is 14.8. The molecule has 3 nitrogen and oxygen atoms in total. The lowest BCUT2D eigenvalue weighted by atomic mass is 9.89. The van der Waals surface area contributed by atoms with Gasteiger partial charge in [-0.05, 0) is 36.8 Å². The zero-order valence-electron chi connectivity index (χ0n) is 7.49. The van der Waals surface area contributed by atoms with Gasteiger partial charge in [0, 0.05) is 6.21 Å². The van der Waals surface area contributed by atoms with Gasteiger partial charge in [-0.25, -0.2) is 0 Å². The van der Waals surface area contributed by atoms with Crippen molar-refractivity contribution in [3.05, 3.63) is 11.1 Å². The monoisotopic (exact) mass is 179 g/mol. The van der Waals surface area contributed by atoms with Gasteiger partial charge in [0.25, 0.3) is 0 Å². The van der Waals surface area contributed by atoms with Gasteiger partial charge in [0.1, 0.15) is 0 Å². The van der Waals surface area contributed by atoms with Gasteiger partial charge >= 0.3 is 5.97 Å². The Balaban J connectivity index is 2.11. The molecule has 70 valence electrons. The van der Waals surface area contributed by atoms with Crippen LogP contribution in [-0.2, 0) is 4.79 Å². The summed E-state index contributed by atoms with van der Waals surface area (Å²) in [5, 5.41) is 8.67. The SMILES string of the molecule is O=C(O)CC1N=CC2=C1CCCC2. The fourth-order valence-electron chi connectivity index (χ4n) is 2.09. The first-order chi connectivity index (χ1) is 6.27. The first-order valence-electron chi connectivity index (χ1n) is 4.74. The lowest BCUT2D eigenvalue weighted by molar-refractivity contribution is -0.137. The van der Waals surface area contributed by atoms with Crippen LogP contribution in [0.4, 0.5) is 0 Å². The molecule has 0 spiro atoms. The molecule has 13 heavy (non-hydrogen) atoms. The quantitative estimate of drug-likeness (QED) is 0.702. The largest absolute Gasteiger partial charge is 0.481 e. The molecule has 1 N–H and O–H groups in total. The zero-order chi connectivity index (χ0) is 9.26. The van der Waals surface area contributed by atoms with Crippen molar-refractivity contribution in [2.45, 2.75) is 38.1 Å². The Bertz CT molecular complexity index is 291. The van der Waals surface area contributed by atoms with E-state index >= 15 is 0 Å². The van der Waals surface area contributed by atoms with Gasteiger partial charge in [0.05, 0.1) is 12.5 Å². The molecule has 2 aliphatic rings. The summed E-state index contributed by atoms with van der Waals surface area (Å²) in [5.41, 5.74) is 2.59. The van der Waals surface area contributed by atoms with Crippen LogP contribution in [0.25, 0.3) is 0 Å². The van der Waals surface area contributed by atoms with Crippen molar-refractivity contribution in [1.82, 2.24) is 0 Å². The molecule has 0 saturated carbocycles. The van der Waals surface area contributed by atoms with Gasteiger partial charge in [-0.3, -0.25) is 9.79 Å². The van der Waals surface area contributed by atoms with Crippen LogP contribution < -0.4 is 0 Å². The fourth-order valence-corrected chi connectivity index (χ4v) is 2.09. The van der Waals surface area contributed by atoms with Gasteiger partial charge in [-0.1, -0.05) is 0 Å². The van der Waals surface area contributed by atoms with Crippen LogP contribution in [0.15, 0.2) is 16.1 Å². The minimum Gasteiger partial charge on any atom is -0.481 e. The van der Waals surface area contributed by atoms with Crippen molar-refractivity contribution in [2.24, 2.45) is 4.99 Å². The zero-order valence-corrected chi connectivity index (χ0v) is 7.49. The van der Waals surface area contributed by atoms with E-state index in [0.29, 0.717) is 0 Å². The average molecular weight is 179 g/mol. The van der Waals surface area contributed by atoms with Gasteiger partial charge in [-0.2, -0.15) is 0 Å². The predicted molar refractivity (Wildman–Crippen MR) is 50.0 cm³/mol. The molecule has 0 fully saturated rings. The number of rotatable bonds is 2. The van der Waals surface area contributed by atoms with E-state index in [2.05, 4.69) is 4.99 Å². The lowest BCUT2D eigenvalue weighted by Crippen LogP contribution is -2.13. The lowest BCUT2D eigenvalue weighted by Gasteiger charge is -2.16. The molecule has 0 aromatic rings. The van der Waals surface area contributed by atoms with Crippen molar-refractivity contribution < 1.29 is 9.90 Å². The van der Waals surface area contributed by atoms with Crippen molar-refractivity contribution in [3.63, 3.8) is 0 Å². The molecule has 1 aliphatic heterocycles. The summed E-state index contributed by atoms with van der Waals surface area (Å²) in [5.74, 6) is -0.749. The minimum atomic E-state index is -0.749. The summed E-state index contributed by atoms with van der Waals surface area (Å²) in [6.07, 6.45) is 6.60. The molecule has 1 unspecified atom stereocenters. The topological polar surface area (TPSA) is 49.7 Å². The van der Waals surface area contributed by atoms with Crippen molar-refractivity contribution >= 4 is 12.2 Å². The Hall–Kier alpha value is -1.12. The molecular formula is C10H13NO2. The molecule has 0 aromatic carbocycles. The van der Waals surface area contributed by atoms with Crippen LogP contribution in [-0.4, -0.2) is 23.3 Å². The fraction of sp³-hybridized carbons (Fsp3) is 0.600. The molecule has 0 radical (unpaired) electrons. The van der Waals surface area contributed by atoms with E-state index < -0.39 is 5.97 Å². The summed E-state index contributed by atoms with van der Waals surface area (Å²) in [6, 6.07) is -0.0483. The van der Waals surface area contributed by atoms with E-state index in [1.807, 2.05) is 6.21 Å². The smallest absolute Gasteiger partial charge is 0.305 e. The van der Waals surface area contributed by atoms with Gasteiger partial charge in [-0.15, -0.1) is 0 Å². The number of carboxylic acids is 1. The number of nitrogens with zero attached hydrogens (tertiary/aromatic N) is 1. The highest BCUT2D eigenvalue weighted by Crippen LogP contribution is 2.32. The first kappa shape index (κ1) is 8.48. The average Bonchev–Trinajstić information content (AvgIpc) is 2.48. The number of carboxylic acid groups (broad SMARTS) is 1. The molecular weight excluding hydrogens is 166 g/mol. The second-order valence-electron chi connectivity index (χ2n) is 3.65. The van der Waals surface area contributed by atoms with Crippen LogP contribution in [0.3, 0.4) is 0 Å². The molecule has 3 heteroatoms. The second kappa shape index (κ2) is 3.32. The van der Waals surface area contributed by atoms with E-state index in [1.54, 1.807) is 0 Å². The van der Waals surface area contributed by atoms with Crippen molar-refractivity contribution in [2.75, 3.05) is 0 Å². The third kappa shape index (κ3) is 1.64. The normalized spacial score (nSPS) is 26.3. The van der Waals surface area contributed by atoms with Crippen LogP contribution >= 0.6 is 0 Å². The van der Waals surface area contributed by atoms with Crippen LogP contribution in [0.2, 0.25) is 0 Å². The van der Waals surface area contributed by atoms with E-state index in [0.717, 1.165) is 12.8 Å². The molecule has 0 amide bonds. The Kier molecular flexibility index (Phi) is 2.17. The number of hydrogen-bond donors (Lipinski definition) is 1. The minimum absolute atomic E-state index is 0.0483. The van der Waals surface area contributed by atoms with E-state index in [9.17, 15) is 4.79 Å². The number of aliphatic imine (C=N–C) groups is 1. The molecule has 0 aromatic heterocycles. The summed E-state index contributed by atoms with van der Waals surface area (Å²) in [6.45, 7) is 0. The summed E-state index contributed by atoms with van der Waals surface area (Å²) < 4.78 is 0. The number of carbonyl (C=O) groups is 1. The molecule has 2 rings (SSSR count). The third-order valence-corrected chi connectivity index (χ3v) is 2.74. The number of hydrogen-bond acceptors (Lipinski definition) is 2. The molecule has 0 saturated heterocycles. The van der Waals surface area contributed by atoms with E-state index in [4.69, 9.17) is 5.11 Å². The maximum atomic E-state index is 10.5. The third-order valence-electron chi connectivity index (χ3n) is 2.74. The van der Waals surface area contributed by atoms with Crippen LogP contribution in [0, 0.1) is 0 Å². The Morgan fingerprint density at radius 2 is 2.31 bits per heavy atom. The highest BCUT2D eigenvalue weighted by molar-refractivity contribution is 5.84. The van der Waals surface area contributed by atoms with E-state index in [-0.39, 0.29) is 12.5 Å². The Morgan fingerprint density at radius 3 is 3.08 bits per heavy atom. The molecule has 1 atom stereocenters. The first-order valence-corrected chi connectivity index (χ1v) is 4.74. The molecule has 1 heterocycles. The summed E-state index contributed by atoms with van der Waals surface area (Å²) >= 11 is 0. The Labute approximate surface area is 77.2 Å². The number of aliphatic carboxylic acids is 1. The van der Waals surface area contributed by atoms with Crippen molar-refractivity contribution in [3.8, 4) is 0 Å². The van der Waals surface area contributed by atoms with Crippen LogP contribution in [0.1, 0.15) is 32.1 Å². The van der Waals surface area contributed by atoms with Crippen LogP contribution in [0.5, 0.6) is 0 Å². The molecule has 1 aliphatic carbocycles. The molecule has 0 bridgehead atoms. The predicted octanol–water partition coefficient (Wildman–Crippen LogP) is 1.78. The van der Waals surface area contributed by atoms with Gasteiger partial charge < -0.3 is 5.11 Å². The number of allylic oxidation sites excluding steroid dienone is 1. The van der Waals surface area contributed by atoms with Gasteiger partial charge in [0.2, 0.25) is 0 Å². The Morgan fingerprint density at radius 1 is 1.54 bits per heavy atom. The highest BCUT2D eigenvalue weighted by Gasteiger charge is 2.25. The highest BCUT2D eigenvalue weighted by atomic mass is 16.4.